The summed E-state index contributed by atoms with van der Waals surface area (Å²) >= 11 is 1.28. The minimum atomic E-state index is -3.82. The van der Waals surface area contributed by atoms with E-state index in [0.717, 1.165) is 6.26 Å². The summed E-state index contributed by atoms with van der Waals surface area (Å²) in [6, 6.07) is 0. The number of aromatic nitrogens is 4. The molecule has 4 rings (SSSR count). The number of hydrogen-bond donors (Lipinski definition) is 2. The maximum absolute atomic E-state index is 12.0. The molecule has 2 aromatic heterocycles. The fourth-order valence-electron chi connectivity index (χ4n) is 3.49. The van der Waals surface area contributed by atoms with Crippen LogP contribution >= 0.6 is 11.8 Å². The molecule has 0 unspecified atom stereocenters. The van der Waals surface area contributed by atoms with E-state index in [1.165, 1.54) is 18.1 Å². The lowest BCUT2D eigenvalue weighted by molar-refractivity contribution is -0.299. The summed E-state index contributed by atoms with van der Waals surface area (Å²) in [5.41, 5.74) is 6.67. The summed E-state index contributed by atoms with van der Waals surface area (Å²) in [5, 5.41) is 9.61. The van der Waals surface area contributed by atoms with Crippen LogP contribution in [-0.4, -0.2) is 82.4 Å². The number of aliphatic hydroxyl groups excluding tert-OH is 1. The Morgan fingerprint density at radius 1 is 1.43 bits per heavy atom. The zero-order valence-electron chi connectivity index (χ0n) is 16.6. The number of fused-ring (bicyclic) bond motifs is 2. The van der Waals surface area contributed by atoms with E-state index in [-0.39, 0.29) is 19.2 Å². The van der Waals surface area contributed by atoms with Crippen molar-refractivity contribution < 1.29 is 31.9 Å². The first kappa shape index (κ1) is 21.7. The van der Waals surface area contributed by atoms with Gasteiger partial charge in [0.15, 0.2) is 23.8 Å². The highest BCUT2D eigenvalue weighted by Gasteiger charge is 2.54. The Labute approximate surface area is 177 Å². The third kappa shape index (κ3) is 4.26. The quantitative estimate of drug-likeness (QED) is 0.334. The van der Waals surface area contributed by atoms with E-state index < -0.39 is 40.4 Å². The highest BCUT2D eigenvalue weighted by atomic mass is 32.2. The van der Waals surface area contributed by atoms with E-state index in [4.69, 9.17) is 29.2 Å². The Morgan fingerprint density at radius 2 is 2.20 bits per heavy atom. The van der Waals surface area contributed by atoms with Gasteiger partial charge in [-0.2, -0.15) is 13.4 Å². The minimum Gasteiger partial charge on any atom is -0.396 e. The first-order valence-corrected chi connectivity index (χ1v) is 12.0. The lowest BCUT2D eigenvalue weighted by Gasteiger charge is -2.38. The first-order chi connectivity index (χ1) is 14.1. The lowest BCUT2D eigenvalue weighted by Crippen LogP contribution is -2.50. The van der Waals surface area contributed by atoms with E-state index in [9.17, 15) is 8.42 Å². The van der Waals surface area contributed by atoms with E-state index in [2.05, 4.69) is 15.0 Å². The summed E-state index contributed by atoms with van der Waals surface area (Å²) in [4.78, 5) is 12.8. The molecule has 0 bridgehead atoms. The summed E-state index contributed by atoms with van der Waals surface area (Å²) in [5.74, 6) is -0.500. The number of thioether (sulfide) groups is 1. The van der Waals surface area contributed by atoms with Crippen molar-refractivity contribution in [2.75, 3.05) is 31.0 Å². The van der Waals surface area contributed by atoms with Crippen molar-refractivity contribution in [2.24, 2.45) is 0 Å². The number of anilines is 1. The second-order valence-corrected chi connectivity index (χ2v) is 10.1. The molecule has 166 valence electrons. The SMILES string of the molecule is CC1(C)OC[C@@H]2O[C@@H](n3cnc4c(SCCO)nc(N)nc43)[C@@H](OS(C)(=O)=O)[C@@H]2O1. The fraction of sp³-hybridized carbons (Fsp3) is 0.688. The molecule has 0 aromatic carbocycles. The number of rotatable bonds is 6. The zero-order valence-corrected chi connectivity index (χ0v) is 18.2. The Hall–Kier alpha value is -1.55. The molecule has 0 saturated carbocycles. The molecule has 2 aliphatic heterocycles. The van der Waals surface area contributed by atoms with Crippen molar-refractivity contribution >= 4 is 39.0 Å². The molecule has 30 heavy (non-hydrogen) atoms. The van der Waals surface area contributed by atoms with Crippen molar-refractivity contribution in [1.29, 1.82) is 0 Å². The first-order valence-electron chi connectivity index (χ1n) is 9.17. The number of nitrogens with zero attached hydrogens (tertiary/aromatic N) is 4. The van der Waals surface area contributed by atoms with Gasteiger partial charge in [0.1, 0.15) is 22.8 Å². The number of hydrogen-bond acceptors (Lipinski definition) is 12. The molecule has 2 fully saturated rings. The van der Waals surface area contributed by atoms with Gasteiger partial charge in [0.05, 0.1) is 25.8 Å². The van der Waals surface area contributed by atoms with Crippen LogP contribution in [0.4, 0.5) is 5.95 Å². The second kappa shape index (κ2) is 7.85. The Morgan fingerprint density at radius 3 is 2.90 bits per heavy atom. The van der Waals surface area contributed by atoms with Crippen LogP contribution in [0.1, 0.15) is 20.1 Å². The molecule has 2 saturated heterocycles. The fourth-order valence-corrected chi connectivity index (χ4v) is 4.82. The molecule has 0 aliphatic carbocycles. The molecule has 2 aliphatic rings. The molecule has 4 atom stereocenters. The van der Waals surface area contributed by atoms with Crippen LogP contribution in [0.5, 0.6) is 0 Å². The second-order valence-electron chi connectivity index (χ2n) is 7.41. The van der Waals surface area contributed by atoms with Crippen LogP contribution < -0.4 is 5.73 Å². The molecular weight excluding hydrogens is 438 g/mol. The highest BCUT2D eigenvalue weighted by Crippen LogP contribution is 2.41. The average Bonchev–Trinajstić information content (AvgIpc) is 3.19. The van der Waals surface area contributed by atoms with Crippen LogP contribution in [-0.2, 0) is 28.5 Å². The molecular formula is C16H23N5O7S2. The van der Waals surface area contributed by atoms with E-state index in [1.807, 2.05) is 0 Å². The predicted molar refractivity (Wildman–Crippen MR) is 106 cm³/mol. The molecule has 0 radical (unpaired) electrons. The van der Waals surface area contributed by atoms with Crippen LogP contribution in [0.2, 0.25) is 0 Å². The molecule has 0 amide bonds. The maximum atomic E-state index is 12.0. The molecule has 4 heterocycles. The van der Waals surface area contributed by atoms with E-state index >= 15 is 0 Å². The standard InChI is InChI=1S/C16H23N5O7S2/c1-16(2)25-6-8-10(27-16)11(28-30(3,23)24)14(26-8)21-7-18-9-12(21)19-15(17)20-13(9)29-5-4-22/h7-8,10-11,14,22H,4-6H2,1-3H3,(H2,17,19,20)/t8-,10+,11-,14+/m0/s1. The zero-order chi connectivity index (χ0) is 21.7. The Balaban J connectivity index is 1.76. The van der Waals surface area contributed by atoms with Gasteiger partial charge in [0, 0.05) is 5.75 Å². The average molecular weight is 462 g/mol. The van der Waals surface area contributed by atoms with Crippen molar-refractivity contribution in [3.05, 3.63) is 6.33 Å². The highest BCUT2D eigenvalue weighted by molar-refractivity contribution is 7.99. The molecule has 0 spiro atoms. The van der Waals surface area contributed by atoms with Gasteiger partial charge >= 0.3 is 0 Å². The van der Waals surface area contributed by atoms with Gasteiger partial charge in [-0.15, -0.1) is 11.8 Å². The molecule has 2 aromatic rings. The molecule has 3 N–H and O–H groups in total. The van der Waals surface area contributed by atoms with Crippen LogP contribution in [0, 0.1) is 0 Å². The summed E-state index contributed by atoms with van der Waals surface area (Å²) in [7, 11) is -3.82. The number of nitrogens with two attached hydrogens (primary N) is 1. The topological polar surface area (TPSA) is 161 Å². The maximum Gasteiger partial charge on any atom is 0.264 e. The van der Waals surface area contributed by atoms with Gasteiger partial charge in [0.2, 0.25) is 5.95 Å². The van der Waals surface area contributed by atoms with Gasteiger partial charge in [-0.3, -0.25) is 8.75 Å². The number of aliphatic hydroxyl groups is 1. The van der Waals surface area contributed by atoms with Crippen molar-refractivity contribution in [2.45, 2.75) is 49.2 Å². The van der Waals surface area contributed by atoms with Gasteiger partial charge in [-0.25, -0.2) is 9.97 Å². The van der Waals surface area contributed by atoms with Crippen LogP contribution in [0.25, 0.3) is 11.2 Å². The molecule has 12 nitrogen and oxygen atoms in total. The summed E-state index contributed by atoms with van der Waals surface area (Å²) < 4.78 is 48.5. The Kier molecular flexibility index (Phi) is 5.67. The van der Waals surface area contributed by atoms with Gasteiger partial charge in [-0.1, -0.05) is 0 Å². The summed E-state index contributed by atoms with van der Waals surface area (Å²) in [6.45, 7) is 3.64. The van der Waals surface area contributed by atoms with Gasteiger partial charge < -0.3 is 25.1 Å². The van der Waals surface area contributed by atoms with Gasteiger partial charge in [-0.05, 0) is 13.8 Å². The summed E-state index contributed by atoms with van der Waals surface area (Å²) in [6.07, 6.45) is -0.688. The monoisotopic (exact) mass is 461 g/mol. The lowest BCUT2D eigenvalue weighted by atomic mass is 10.1. The normalized spacial score (nSPS) is 28.7. The minimum absolute atomic E-state index is 0.0152. The number of ether oxygens (including phenoxy) is 3. The smallest absolute Gasteiger partial charge is 0.264 e. The van der Waals surface area contributed by atoms with Gasteiger partial charge in [0.25, 0.3) is 10.1 Å². The largest absolute Gasteiger partial charge is 0.396 e. The molecule has 14 heteroatoms. The van der Waals surface area contributed by atoms with Crippen molar-refractivity contribution in [3.8, 4) is 0 Å². The van der Waals surface area contributed by atoms with Crippen molar-refractivity contribution in [3.63, 3.8) is 0 Å². The van der Waals surface area contributed by atoms with E-state index in [1.54, 1.807) is 18.4 Å². The number of nitrogen functional groups attached to an aromatic ring is 1. The van der Waals surface area contributed by atoms with Crippen molar-refractivity contribution in [1.82, 2.24) is 19.5 Å². The third-order valence-electron chi connectivity index (χ3n) is 4.60. The predicted octanol–water partition coefficient (Wildman–Crippen LogP) is -0.113. The Bertz CT molecular complexity index is 1040. The van der Waals surface area contributed by atoms with Crippen LogP contribution in [0.15, 0.2) is 11.4 Å². The number of imidazole rings is 1. The van der Waals surface area contributed by atoms with Crippen LogP contribution in [0.3, 0.4) is 0 Å². The van der Waals surface area contributed by atoms with E-state index in [0.29, 0.717) is 21.9 Å². The third-order valence-corrected chi connectivity index (χ3v) is 6.11.